The van der Waals surface area contributed by atoms with Gasteiger partial charge in [0.05, 0.1) is 5.71 Å². The summed E-state index contributed by atoms with van der Waals surface area (Å²) in [6.07, 6.45) is -5.06. The second kappa shape index (κ2) is 13.2. The fourth-order valence-corrected chi connectivity index (χ4v) is 5.39. The highest BCUT2D eigenvalue weighted by atomic mass is 19.4. The molecule has 254 valence electrons. The van der Waals surface area contributed by atoms with Gasteiger partial charge in [0.15, 0.2) is 0 Å². The smallest absolute Gasteiger partial charge is 0.433 e. The third-order valence-electron chi connectivity index (χ3n) is 7.66. The molecule has 1 saturated heterocycles. The Morgan fingerprint density at radius 1 is 1.02 bits per heavy atom. The van der Waals surface area contributed by atoms with Crippen LogP contribution in [0.25, 0.3) is 0 Å². The average molecular weight is 661 g/mol. The van der Waals surface area contributed by atoms with Crippen molar-refractivity contribution in [2.24, 2.45) is 10.5 Å². The SMILES string of the molecule is CN1N=C2CCN(C(=O)[C@@H](COc3cccc(C(F)(F)F)n3)NC(=O)C(C)(C)NC(=O)OC(C)(C)C)C[C@@]2(Cc2ccccc2)C1=O. The normalized spacial score (nSPS) is 19.0. The highest BCUT2D eigenvalue weighted by Gasteiger charge is 2.54. The molecule has 2 N–H and O–H groups in total. The number of halogens is 3. The fraction of sp³-hybridized carbons (Fsp3) is 0.500. The van der Waals surface area contributed by atoms with Crippen LogP contribution in [0.5, 0.6) is 5.88 Å². The van der Waals surface area contributed by atoms with Crippen molar-refractivity contribution in [3.63, 3.8) is 0 Å². The van der Waals surface area contributed by atoms with E-state index in [4.69, 9.17) is 9.47 Å². The van der Waals surface area contributed by atoms with Gasteiger partial charge in [-0.15, -0.1) is 0 Å². The van der Waals surface area contributed by atoms with Crippen molar-refractivity contribution >= 4 is 29.5 Å². The molecule has 2 aromatic rings. The lowest BCUT2D eigenvalue weighted by atomic mass is 9.73. The molecular weight excluding hydrogens is 621 g/mol. The largest absolute Gasteiger partial charge is 0.475 e. The molecule has 2 aliphatic heterocycles. The van der Waals surface area contributed by atoms with Crippen molar-refractivity contribution in [2.45, 2.75) is 70.8 Å². The number of alkyl halides is 3. The Bertz CT molecular complexity index is 1540. The van der Waals surface area contributed by atoms with Gasteiger partial charge in [0.2, 0.25) is 17.7 Å². The predicted octanol–water partition coefficient (Wildman–Crippen LogP) is 3.56. The van der Waals surface area contributed by atoms with Gasteiger partial charge in [-0.2, -0.15) is 18.3 Å². The molecule has 1 aromatic heterocycles. The van der Waals surface area contributed by atoms with E-state index in [0.29, 0.717) is 5.71 Å². The molecule has 0 radical (unpaired) electrons. The number of piperidine rings is 1. The number of carbonyl (C=O) groups excluding carboxylic acids is 4. The number of ether oxygens (including phenoxy) is 2. The third kappa shape index (κ3) is 8.37. The van der Waals surface area contributed by atoms with Crippen LogP contribution in [0.1, 0.15) is 52.3 Å². The number of fused-ring (bicyclic) bond motifs is 1. The molecule has 0 spiro atoms. The molecule has 4 amide bonds. The maximum atomic E-state index is 14.1. The van der Waals surface area contributed by atoms with Gasteiger partial charge in [-0.3, -0.25) is 14.4 Å². The van der Waals surface area contributed by atoms with Crippen molar-refractivity contribution in [3.05, 3.63) is 59.8 Å². The summed E-state index contributed by atoms with van der Waals surface area (Å²) in [6.45, 7) is 7.25. The molecule has 1 fully saturated rings. The molecule has 0 bridgehead atoms. The molecule has 0 aliphatic carbocycles. The quantitative estimate of drug-likeness (QED) is 0.419. The Morgan fingerprint density at radius 3 is 2.34 bits per heavy atom. The number of benzene rings is 1. The molecular formula is C32H39F3N6O6. The summed E-state index contributed by atoms with van der Waals surface area (Å²) < 4.78 is 50.7. The zero-order valence-electron chi connectivity index (χ0n) is 27.1. The topological polar surface area (TPSA) is 143 Å². The number of hydrazone groups is 1. The number of aromatic nitrogens is 1. The van der Waals surface area contributed by atoms with Gasteiger partial charge in [-0.25, -0.2) is 14.8 Å². The second-order valence-electron chi connectivity index (χ2n) is 13.1. The van der Waals surface area contributed by atoms with Crippen molar-refractivity contribution in [3.8, 4) is 5.88 Å². The van der Waals surface area contributed by atoms with Gasteiger partial charge >= 0.3 is 12.3 Å². The van der Waals surface area contributed by atoms with Crippen molar-refractivity contribution in [1.82, 2.24) is 25.5 Å². The van der Waals surface area contributed by atoms with E-state index in [1.165, 1.54) is 29.8 Å². The first-order valence-corrected chi connectivity index (χ1v) is 15.0. The Balaban J connectivity index is 1.60. The predicted molar refractivity (Wildman–Crippen MR) is 164 cm³/mol. The van der Waals surface area contributed by atoms with E-state index in [-0.39, 0.29) is 31.8 Å². The number of rotatable bonds is 9. The summed E-state index contributed by atoms with van der Waals surface area (Å²) in [6, 6.07) is 10.9. The van der Waals surface area contributed by atoms with E-state index >= 15 is 0 Å². The second-order valence-corrected chi connectivity index (χ2v) is 13.1. The molecule has 3 heterocycles. The van der Waals surface area contributed by atoms with E-state index in [1.54, 1.807) is 27.8 Å². The van der Waals surface area contributed by atoms with Crippen LogP contribution in [0.15, 0.2) is 53.6 Å². The van der Waals surface area contributed by atoms with Gasteiger partial charge in [0, 0.05) is 32.6 Å². The number of nitrogens with zero attached hydrogens (tertiary/aromatic N) is 4. The van der Waals surface area contributed by atoms with Crippen LogP contribution in [0, 0.1) is 5.41 Å². The number of likely N-dealkylation sites (tertiary alicyclic amines) is 1. The number of amides is 4. The zero-order chi connectivity index (χ0) is 34.8. The van der Waals surface area contributed by atoms with Gasteiger partial charge < -0.3 is 25.0 Å². The first kappa shape index (κ1) is 35.2. The van der Waals surface area contributed by atoms with E-state index in [1.807, 2.05) is 30.3 Å². The highest BCUT2D eigenvalue weighted by molar-refractivity contribution is 6.13. The maximum absolute atomic E-state index is 14.1. The first-order chi connectivity index (χ1) is 21.8. The molecule has 12 nitrogen and oxygen atoms in total. The standard InChI is InChI=1S/C32H39F3N6O6/c1-29(2,3)47-28(45)38-30(4,5)26(43)36-21(18-46-24-14-10-13-23(37-24)32(33,34)35)25(42)41-16-15-22-31(19-41,27(44)40(6)39-22)17-20-11-8-7-9-12-20/h7-14,21H,15-19H2,1-6H3,(H,36,43)(H,38,45)/t21-,31-/m1/s1. The lowest BCUT2D eigenvalue weighted by Crippen LogP contribution is -2.63. The Labute approximate surface area is 270 Å². The van der Waals surface area contributed by atoms with Crippen molar-refractivity contribution in [2.75, 3.05) is 26.7 Å². The summed E-state index contributed by atoms with van der Waals surface area (Å²) in [5, 5.41) is 10.8. The van der Waals surface area contributed by atoms with Crippen LogP contribution in [0.3, 0.4) is 0 Å². The number of hydrogen-bond acceptors (Lipinski definition) is 8. The number of alkyl carbamates (subject to hydrolysis) is 1. The number of carbonyl (C=O) groups is 4. The average Bonchev–Trinajstić information content (AvgIpc) is 3.22. The number of pyridine rings is 1. The van der Waals surface area contributed by atoms with Crippen LogP contribution in [-0.4, -0.2) is 88.3 Å². The Morgan fingerprint density at radius 2 is 1.70 bits per heavy atom. The van der Waals surface area contributed by atoms with Gasteiger partial charge in [-0.1, -0.05) is 36.4 Å². The van der Waals surface area contributed by atoms with Gasteiger partial charge in [0.25, 0.3) is 5.91 Å². The fourth-order valence-electron chi connectivity index (χ4n) is 5.39. The molecule has 2 atom stereocenters. The van der Waals surface area contributed by atoms with E-state index < -0.39 is 64.9 Å². The molecule has 0 saturated carbocycles. The van der Waals surface area contributed by atoms with E-state index in [9.17, 15) is 32.3 Å². The van der Waals surface area contributed by atoms with Crippen LogP contribution >= 0.6 is 0 Å². The van der Waals surface area contributed by atoms with Crippen LogP contribution in [-0.2, 0) is 31.7 Å². The van der Waals surface area contributed by atoms with Crippen molar-refractivity contribution < 1.29 is 41.8 Å². The molecule has 0 unspecified atom stereocenters. The lowest BCUT2D eigenvalue weighted by Gasteiger charge is -2.41. The molecule has 4 rings (SSSR count). The van der Waals surface area contributed by atoms with Crippen LogP contribution in [0.4, 0.5) is 18.0 Å². The Hall–Kier alpha value is -4.69. The summed E-state index contributed by atoms with van der Waals surface area (Å²) in [5.41, 5.74) is -3.30. The van der Waals surface area contributed by atoms with E-state index in [0.717, 1.165) is 17.7 Å². The van der Waals surface area contributed by atoms with Gasteiger partial charge in [0.1, 0.15) is 34.9 Å². The molecule has 1 aromatic carbocycles. The molecule has 2 aliphatic rings. The summed E-state index contributed by atoms with van der Waals surface area (Å²) in [7, 11) is 1.55. The summed E-state index contributed by atoms with van der Waals surface area (Å²) >= 11 is 0. The van der Waals surface area contributed by atoms with E-state index in [2.05, 4.69) is 20.7 Å². The molecule has 47 heavy (non-hydrogen) atoms. The lowest BCUT2D eigenvalue weighted by molar-refractivity contribution is -0.144. The summed E-state index contributed by atoms with van der Waals surface area (Å²) in [5.74, 6) is -2.15. The minimum Gasteiger partial charge on any atom is -0.475 e. The highest BCUT2D eigenvalue weighted by Crippen LogP contribution is 2.38. The number of nitrogens with one attached hydrogen (secondary N) is 2. The van der Waals surface area contributed by atoms with Crippen LogP contribution in [0.2, 0.25) is 0 Å². The molecule has 15 heteroatoms. The zero-order valence-corrected chi connectivity index (χ0v) is 27.1. The van der Waals surface area contributed by atoms with Gasteiger partial charge in [-0.05, 0) is 52.7 Å². The third-order valence-corrected chi connectivity index (χ3v) is 7.66. The maximum Gasteiger partial charge on any atom is 0.433 e. The Kier molecular flexibility index (Phi) is 9.88. The number of hydrogen-bond donors (Lipinski definition) is 2. The van der Waals surface area contributed by atoms with Crippen molar-refractivity contribution in [1.29, 1.82) is 0 Å². The summed E-state index contributed by atoms with van der Waals surface area (Å²) in [4.78, 5) is 58.6. The monoisotopic (exact) mass is 660 g/mol. The minimum atomic E-state index is -4.73. The first-order valence-electron chi connectivity index (χ1n) is 15.0. The minimum absolute atomic E-state index is 0.0591. The van der Waals surface area contributed by atoms with Crippen LogP contribution < -0.4 is 15.4 Å².